The molecule has 4 heterocycles. The Labute approximate surface area is 198 Å². The van der Waals surface area contributed by atoms with E-state index >= 15 is 0 Å². The molecule has 1 amide bonds. The largest absolute Gasteiger partial charge is 0.490 e. The van der Waals surface area contributed by atoms with Gasteiger partial charge >= 0.3 is 0 Å². The highest BCUT2D eigenvalue weighted by Gasteiger charge is 2.32. The summed E-state index contributed by atoms with van der Waals surface area (Å²) >= 11 is 0. The van der Waals surface area contributed by atoms with Gasteiger partial charge in [0.25, 0.3) is 5.91 Å². The van der Waals surface area contributed by atoms with Crippen molar-refractivity contribution in [1.82, 2.24) is 24.0 Å². The van der Waals surface area contributed by atoms with E-state index in [4.69, 9.17) is 9.47 Å². The Hall–Kier alpha value is -3.18. The summed E-state index contributed by atoms with van der Waals surface area (Å²) in [4.78, 5) is 19.8. The number of nitrogens with zero attached hydrogens (tertiary/aromatic N) is 5. The van der Waals surface area contributed by atoms with Gasteiger partial charge < -0.3 is 14.4 Å². The van der Waals surface area contributed by atoms with Crippen LogP contribution in [0.3, 0.4) is 0 Å². The fraction of sp³-hybridized carbons (Fsp3) is 0.435. The molecule has 0 atom stereocenters. The number of carbonyl (C=O) groups is 1. The van der Waals surface area contributed by atoms with Crippen LogP contribution < -0.4 is 9.47 Å². The number of carbonyl (C=O) groups excluding carboxylic acids is 1. The average molecular weight is 486 g/mol. The molecule has 0 spiro atoms. The molecule has 11 heteroatoms. The Balaban J connectivity index is 1.35. The molecule has 1 saturated heterocycles. The van der Waals surface area contributed by atoms with Crippen LogP contribution in [0.25, 0.3) is 11.0 Å². The van der Waals surface area contributed by atoms with Gasteiger partial charge in [-0.1, -0.05) is 0 Å². The first-order valence-electron chi connectivity index (χ1n) is 11.3. The molecule has 2 aliphatic heterocycles. The number of benzene rings is 1. The zero-order valence-electron chi connectivity index (χ0n) is 19.4. The molecule has 1 fully saturated rings. The number of hydrogen-bond donors (Lipinski definition) is 0. The number of hydrogen-bond acceptors (Lipinski definition) is 7. The van der Waals surface area contributed by atoms with E-state index in [2.05, 4.69) is 10.1 Å². The summed E-state index contributed by atoms with van der Waals surface area (Å²) in [6.45, 7) is 5.74. The Morgan fingerprint density at radius 1 is 1.00 bits per heavy atom. The molecule has 10 nitrogen and oxygen atoms in total. The third-order valence-corrected chi connectivity index (χ3v) is 8.10. The molecule has 0 saturated carbocycles. The molecular weight excluding hydrogens is 458 g/mol. The van der Waals surface area contributed by atoms with Crippen LogP contribution in [0.4, 0.5) is 0 Å². The van der Waals surface area contributed by atoms with Gasteiger partial charge in [-0.15, -0.1) is 0 Å². The Bertz CT molecular complexity index is 1380. The van der Waals surface area contributed by atoms with Crippen molar-refractivity contribution in [3.8, 4) is 11.5 Å². The fourth-order valence-electron chi connectivity index (χ4n) is 4.49. The van der Waals surface area contributed by atoms with E-state index in [0.29, 0.717) is 49.0 Å². The minimum atomic E-state index is -3.73. The molecule has 3 aromatic rings. The highest BCUT2D eigenvalue weighted by atomic mass is 32.2. The second-order valence-electron chi connectivity index (χ2n) is 8.57. The van der Waals surface area contributed by atoms with Gasteiger partial charge in [0.15, 0.2) is 17.1 Å². The molecule has 180 valence electrons. The molecule has 0 unspecified atom stereocenters. The average Bonchev–Trinajstić information content (AvgIpc) is 2.99. The highest BCUT2D eigenvalue weighted by molar-refractivity contribution is 7.89. The summed E-state index contributed by atoms with van der Waals surface area (Å²) in [6.07, 6.45) is 0.745. The van der Waals surface area contributed by atoms with E-state index in [0.717, 1.165) is 23.2 Å². The number of pyridine rings is 1. The van der Waals surface area contributed by atoms with E-state index in [1.165, 1.54) is 10.4 Å². The summed E-state index contributed by atoms with van der Waals surface area (Å²) < 4.78 is 40.9. The van der Waals surface area contributed by atoms with Crippen molar-refractivity contribution in [2.45, 2.75) is 25.2 Å². The molecule has 34 heavy (non-hydrogen) atoms. The van der Waals surface area contributed by atoms with Crippen molar-refractivity contribution in [3.63, 3.8) is 0 Å². The van der Waals surface area contributed by atoms with E-state index in [1.54, 1.807) is 34.8 Å². The maximum atomic E-state index is 13.4. The van der Waals surface area contributed by atoms with E-state index in [1.807, 2.05) is 13.8 Å². The molecule has 5 rings (SSSR count). The number of fused-ring (bicyclic) bond motifs is 2. The highest BCUT2D eigenvalue weighted by Crippen LogP contribution is 2.33. The SMILES string of the molecule is Cc1cc(C(=O)N2CCN(S(=O)(=O)c3ccc4c(c3)OCCCO4)CC2)c2c(C)nn(C)c2n1. The normalized spacial score (nSPS) is 17.1. The molecule has 0 aliphatic carbocycles. The van der Waals surface area contributed by atoms with Gasteiger partial charge in [0.2, 0.25) is 10.0 Å². The minimum absolute atomic E-state index is 0.140. The van der Waals surface area contributed by atoms with Gasteiger partial charge in [0.05, 0.1) is 34.8 Å². The number of piperazine rings is 1. The van der Waals surface area contributed by atoms with Crippen molar-refractivity contribution < 1.29 is 22.7 Å². The molecule has 2 aromatic heterocycles. The van der Waals surface area contributed by atoms with Crippen molar-refractivity contribution in [3.05, 3.63) is 41.2 Å². The zero-order valence-corrected chi connectivity index (χ0v) is 20.3. The van der Waals surface area contributed by atoms with Gasteiger partial charge in [-0.05, 0) is 32.0 Å². The molecule has 0 bridgehead atoms. The second-order valence-corrected chi connectivity index (χ2v) is 10.5. The van der Waals surface area contributed by atoms with Gasteiger partial charge in [-0.2, -0.15) is 9.40 Å². The van der Waals surface area contributed by atoms with Crippen LogP contribution in [0.2, 0.25) is 0 Å². The lowest BCUT2D eigenvalue weighted by Crippen LogP contribution is -2.50. The lowest BCUT2D eigenvalue weighted by Gasteiger charge is -2.34. The van der Waals surface area contributed by atoms with Crippen LogP contribution >= 0.6 is 0 Å². The molecule has 0 radical (unpaired) electrons. The lowest BCUT2D eigenvalue weighted by molar-refractivity contribution is 0.0699. The fourth-order valence-corrected chi connectivity index (χ4v) is 5.93. The van der Waals surface area contributed by atoms with Crippen LogP contribution in [-0.2, 0) is 17.1 Å². The summed E-state index contributed by atoms with van der Waals surface area (Å²) in [5, 5.41) is 5.15. The number of ether oxygens (including phenoxy) is 2. The van der Waals surface area contributed by atoms with Crippen molar-refractivity contribution in [2.24, 2.45) is 7.05 Å². The topological polar surface area (TPSA) is 107 Å². The Kier molecular flexibility index (Phi) is 5.68. The van der Waals surface area contributed by atoms with E-state index in [-0.39, 0.29) is 23.9 Å². The molecule has 0 N–H and O–H groups in total. The van der Waals surface area contributed by atoms with Gasteiger partial charge in [-0.25, -0.2) is 13.4 Å². The summed E-state index contributed by atoms with van der Waals surface area (Å²) in [5.74, 6) is 0.854. The lowest BCUT2D eigenvalue weighted by atomic mass is 10.1. The standard InChI is InChI=1S/C23H27N5O5S/c1-15-13-18(21-16(2)25-26(3)22(21)24-15)23(29)27-7-9-28(10-8-27)34(30,31)17-5-6-19-20(14-17)33-12-4-11-32-19/h5-6,13-14H,4,7-12H2,1-3H3. The van der Waals surface area contributed by atoms with E-state index < -0.39 is 10.0 Å². The van der Waals surface area contributed by atoms with Crippen molar-refractivity contribution >= 4 is 27.0 Å². The van der Waals surface area contributed by atoms with Crippen LogP contribution in [0, 0.1) is 13.8 Å². The predicted octanol–water partition coefficient (Wildman–Crippen LogP) is 1.89. The second kappa shape index (κ2) is 8.55. The number of rotatable bonds is 3. The summed E-state index contributed by atoms with van der Waals surface area (Å²) in [7, 11) is -1.92. The van der Waals surface area contributed by atoms with Crippen molar-refractivity contribution in [2.75, 3.05) is 39.4 Å². The van der Waals surface area contributed by atoms with Crippen LogP contribution in [-0.4, -0.2) is 77.7 Å². The minimum Gasteiger partial charge on any atom is -0.490 e. The maximum Gasteiger partial charge on any atom is 0.254 e. The molecule has 1 aromatic carbocycles. The Morgan fingerprint density at radius 3 is 2.44 bits per heavy atom. The van der Waals surface area contributed by atoms with Crippen LogP contribution in [0.15, 0.2) is 29.2 Å². The quantitative estimate of drug-likeness (QED) is 0.558. The number of sulfonamides is 1. The maximum absolute atomic E-state index is 13.4. The first-order valence-corrected chi connectivity index (χ1v) is 12.7. The van der Waals surface area contributed by atoms with Crippen molar-refractivity contribution in [1.29, 1.82) is 0 Å². The molecular formula is C23H27N5O5S. The summed E-state index contributed by atoms with van der Waals surface area (Å²) in [5.41, 5.74) is 2.68. The van der Waals surface area contributed by atoms with Gasteiger partial charge in [-0.3, -0.25) is 9.48 Å². The number of aryl methyl sites for hydroxylation is 3. The first kappa shape index (κ1) is 22.6. The van der Waals surface area contributed by atoms with E-state index in [9.17, 15) is 13.2 Å². The smallest absolute Gasteiger partial charge is 0.254 e. The third kappa shape index (κ3) is 3.88. The monoisotopic (exact) mass is 485 g/mol. The molecule has 2 aliphatic rings. The predicted molar refractivity (Wildman–Crippen MR) is 125 cm³/mol. The van der Waals surface area contributed by atoms with Gasteiger partial charge in [0.1, 0.15) is 0 Å². The number of aromatic nitrogens is 3. The third-order valence-electron chi connectivity index (χ3n) is 6.21. The zero-order chi connectivity index (χ0) is 24.0. The first-order chi connectivity index (χ1) is 16.3. The number of amides is 1. The van der Waals surface area contributed by atoms with Crippen LogP contribution in [0.1, 0.15) is 28.2 Å². The van der Waals surface area contributed by atoms with Crippen LogP contribution in [0.5, 0.6) is 11.5 Å². The van der Waals surface area contributed by atoms with Gasteiger partial charge in [0, 0.05) is 51.4 Å². The Morgan fingerprint density at radius 2 is 1.71 bits per heavy atom. The summed E-state index contributed by atoms with van der Waals surface area (Å²) in [6, 6.07) is 6.48.